The number of ether oxygens (including phenoxy) is 1. The van der Waals surface area contributed by atoms with Crippen molar-refractivity contribution in [3.63, 3.8) is 0 Å². The van der Waals surface area contributed by atoms with Crippen molar-refractivity contribution in [1.82, 2.24) is 5.32 Å². The number of carbonyl (C=O) groups excluding carboxylic acids is 1. The summed E-state index contributed by atoms with van der Waals surface area (Å²) in [6.45, 7) is 3.82. The molecule has 1 unspecified atom stereocenters. The Hall–Kier alpha value is -2.02. The molecule has 0 saturated carbocycles. The standard InChI is InChI=1S/C15H18N2O2/c1-3-11(9-16)15(18)17-13-8-10(2)19-14-7-5-4-6-12(13)14/h4-7,10-11,13H,3,8H2,1-2H3,(H,17,18)/t10-,11?,13-/m1/s1. The number of benzene rings is 1. The number of nitrogens with one attached hydrogen (secondary N) is 1. The van der Waals surface area contributed by atoms with Crippen LogP contribution in [-0.4, -0.2) is 12.0 Å². The van der Waals surface area contributed by atoms with E-state index in [2.05, 4.69) is 5.32 Å². The molecule has 0 aliphatic carbocycles. The van der Waals surface area contributed by atoms with Crippen molar-refractivity contribution >= 4 is 5.91 Å². The monoisotopic (exact) mass is 258 g/mol. The number of carbonyl (C=O) groups is 1. The van der Waals surface area contributed by atoms with Crippen LogP contribution in [0.3, 0.4) is 0 Å². The largest absolute Gasteiger partial charge is 0.490 e. The molecule has 100 valence electrons. The zero-order valence-corrected chi connectivity index (χ0v) is 11.2. The number of fused-ring (bicyclic) bond motifs is 1. The molecule has 0 radical (unpaired) electrons. The third kappa shape index (κ3) is 2.87. The van der Waals surface area contributed by atoms with Crippen LogP contribution in [0.1, 0.15) is 38.3 Å². The van der Waals surface area contributed by atoms with Gasteiger partial charge in [0.15, 0.2) is 0 Å². The van der Waals surface area contributed by atoms with Crippen LogP contribution in [-0.2, 0) is 4.79 Å². The minimum atomic E-state index is -0.578. The molecule has 0 spiro atoms. The zero-order chi connectivity index (χ0) is 13.8. The molecular formula is C15H18N2O2. The van der Waals surface area contributed by atoms with E-state index in [0.717, 1.165) is 17.7 Å². The molecule has 1 aliphatic rings. The van der Waals surface area contributed by atoms with E-state index >= 15 is 0 Å². The minimum Gasteiger partial charge on any atom is -0.490 e. The van der Waals surface area contributed by atoms with E-state index in [9.17, 15) is 4.79 Å². The van der Waals surface area contributed by atoms with E-state index in [1.54, 1.807) is 0 Å². The number of rotatable bonds is 3. The molecule has 1 heterocycles. The zero-order valence-electron chi connectivity index (χ0n) is 11.2. The van der Waals surface area contributed by atoms with Crippen LogP contribution in [0.5, 0.6) is 5.75 Å². The van der Waals surface area contributed by atoms with Gasteiger partial charge in [0.2, 0.25) is 5.91 Å². The molecule has 3 atom stereocenters. The number of amides is 1. The fourth-order valence-corrected chi connectivity index (χ4v) is 2.34. The molecule has 1 aromatic rings. The Morgan fingerprint density at radius 2 is 2.32 bits per heavy atom. The molecule has 4 nitrogen and oxygen atoms in total. The summed E-state index contributed by atoms with van der Waals surface area (Å²) in [5, 5.41) is 11.9. The highest BCUT2D eigenvalue weighted by Gasteiger charge is 2.28. The van der Waals surface area contributed by atoms with Crippen molar-refractivity contribution < 1.29 is 9.53 Å². The highest BCUT2D eigenvalue weighted by Crippen LogP contribution is 2.34. The maximum Gasteiger partial charge on any atom is 0.237 e. The molecule has 1 aromatic carbocycles. The maximum atomic E-state index is 12.0. The van der Waals surface area contributed by atoms with Crippen LogP contribution in [0.15, 0.2) is 24.3 Å². The molecular weight excluding hydrogens is 240 g/mol. The van der Waals surface area contributed by atoms with Gasteiger partial charge in [0.05, 0.1) is 18.2 Å². The molecule has 0 saturated heterocycles. The SMILES string of the molecule is CCC(C#N)C(=O)N[C@@H]1C[C@@H](C)Oc2ccccc21. The van der Waals surface area contributed by atoms with Gasteiger partial charge in [0.1, 0.15) is 11.7 Å². The van der Waals surface area contributed by atoms with E-state index in [1.165, 1.54) is 0 Å². The third-order valence-corrected chi connectivity index (χ3v) is 3.39. The van der Waals surface area contributed by atoms with Gasteiger partial charge in [0, 0.05) is 12.0 Å². The second kappa shape index (κ2) is 5.75. The van der Waals surface area contributed by atoms with Crippen molar-refractivity contribution in [1.29, 1.82) is 5.26 Å². The van der Waals surface area contributed by atoms with Crippen molar-refractivity contribution in [2.24, 2.45) is 5.92 Å². The lowest BCUT2D eigenvalue weighted by atomic mass is 9.96. The summed E-state index contributed by atoms with van der Waals surface area (Å²) in [5.41, 5.74) is 0.988. The summed E-state index contributed by atoms with van der Waals surface area (Å²) < 4.78 is 5.74. The van der Waals surface area contributed by atoms with Crippen molar-refractivity contribution in [3.05, 3.63) is 29.8 Å². The second-order valence-corrected chi connectivity index (χ2v) is 4.85. The second-order valence-electron chi connectivity index (χ2n) is 4.85. The van der Waals surface area contributed by atoms with Crippen molar-refractivity contribution in [2.75, 3.05) is 0 Å². The summed E-state index contributed by atoms with van der Waals surface area (Å²) in [7, 11) is 0. The van der Waals surface area contributed by atoms with Gasteiger partial charge in [0.25, 0.3) is 0 Å². The molecule has 0 aromatic heterocycles. The predicted octanol–water partition coefficient (Wildman–Crippen LogP) is 2.56. The highest BCUT2D eigenvalue weighted by atomic mass is 16.5. The summed E-state index contributed by atoms with van der Waals surface area (Å²) in [6.07, 6.45) is 1.32. The molecule has 1 N–H and O–H groups in total. The van der Waals surface area contributed by atoms with Crippen LogP contribution in [0.4, 0.5) is 0 Å². The smallest absolute Gasteiger partial charge is 0.237 e. The lowest BCUT2D eigenvalue weighted by Crippen LogP contribution is -2.37. The highest BCUT2D eigenvalue weighted by molar-refractivity contribution is 5.81. The maximum absolute atomic E-state index is 12.0. The predicted molar refractivity (Wildman–Crippen MR) is 71.4 cm³/mol. The summed E-state index contributed by atoms with van der Waals surface area (Å²) in [6, 6.07) is 9.67. The van der Waals surface area contributed by atoms with Gasteiger partial charge in [-0.05, 0) is 19.4 Å². The first-order chi connectivity index (χ1) is 9.15. The van der Waals surface area contributed by atoms with E-state index in [4.69, 9.17) is 10.00 Å². The number of nitrogens with zero attached hydrogens (tertiary/aromatic N) is 1. The van der Waals surface area contributed by atoms with Gasteiger partial charge >= 0.3 is 0 Å². The molecule has 2 rings (SSSR count). The van der Waals surface area contributed by atoms with Gasteiger partial charge in [-0.3, -0.25) is 4.79 Å². The quantitative estimate of drug-likeness (QED) is 0.906. The van der Waals surface area contributed by atoms with E-state index in [0.29, 0.717) is 6.42 Å². The van der Waals surface area contributed by atoms with Crippen LogP contribution in [0.2, 0.25) is 0 Å². The average Bonchev–Trinajstić information content (AvgIpc) is 2.40. The Morgan fingerprint density at radius 1 is 1.58 bits per heavy atom. The Balaban J connectivity index is 2.17. The molecule has 0 bridgehead atoms. The van der Waals surface area contributed by atoms with Crippen LogP contribution >= 0.6 is 0 Å². The molecule has 1 amide bonds. The molecule has 1 aliphatic heterocycles. The van der Waals surface area contributed by atoms with Gasteiger partial charge in [-0.15, -0.1) is 0 Å². The number of para-hydroxylation sites is 1. The third-order valence-electron chi connectivity index (χ3n) is 3.39. The van der Waals surface area contributed by atoms with Crippen LogP contribution in [0, 0.1) is 17.2 Å². The van der Waals surface area contributed by atoms with Gasteiger partial charge in [-0.1, -0.05) is 25.1 Å². The van der Waals surface area contributed by atoms with E-state index in [1.807, 2.05) is 44.2 Å². The normalized spacial score (nSPS) is 22.6. The summed E-state index contributed by atoms with van der Waals surface area (Å²) in [5.74, 6) is 0.0424. The Bertz CT molecular complexity index is 507. The van der Waals surface area contributed by atoms with Crippen molar-refractivity contribution in [2.45, 2.75) is 38.8 Å². The summed E-state index contributed by atoms with van der Waals surface area (Å²) in [4.78, 5) is 12.0. The summed E-state index contributed by atoms with van der Waals surface area (Å²) >= 11 is 0. The topological polar surface area (TPSA) is 62.1 Å². The van der Waals surface area contributed by atoms with Crippen LogP contribution in [0.25, 0.3) is 0 Å². The van der Waals surface area contributed by atoms with E-state index in [-0.39, 0.29) is 18.1 Å². The molecule has 19 heavy (non-hydrogen) atoms. The van der Waals surface area contributed by atoms with E-state index < -0.39 is 5.92 Å². The van der Waals surface area contributed by atoms with Gasteiger partial charge in [-0.25, -0.2) is 0 Å². The van der Waals surface area contributed by atoms with Crippen molar-refractivity contribution in [3.8, 4) is 11.8 Å². The molecule has 4 heteroatoms. The van der Waals surface area contributed by atoms with Gasteiger partial charge in [-0.2, -0.15) is 5.26 Å². The van der Waals surface area contributed by atoms with Crippen LogP contribution < -0.4 is 10.1 Å². The lowest BCUT2D eigenvalue weighted by Gasteiger charge is -2.31. The Labute approximate surface area is 113 Å². The average molecular weight is 258 g/mol. The Kier molecular flexibility index (Phi) is 4.06. The first-order valence-electron chi connectivity index (χ1n) is 6.61. The fourth-order valence-electron chi connectivity index (χ4n) is 2.34. The fraction of sp³-hybridized carbons (Fsp3) is 0.467. The molecule has 0 fully saturated rings. The number of hydrogen-bond acceptors (Lipinski definition) is 3. The number of nitriles is 1. The number of hydrogen-bond donors (Lipinski definition) is 1. The van der Waals surface area contributed by atoms with Gasteiger partial charge < -0.3 is 10.1 Å². The minimum absolute atomic E-state index is 0.0577. The first-order valence-corrected chi connectivity index (χ1v) is 6.61. The Morgan fingerprint density at radius 3 is 3.00 bits per heavy atom. The lowest BCUT2D eigenvalue weighted by molar-refractivity contribution is -0.124. The first kappa shape index (κ1) is 13.4.